The monoisotopic (exact) mass is 365 g/mol. The molecule has 26 heavy (non-hydrogen) atoms. The van der Waals surface area contributed by atoms with Gasteiger partial charge in [0.15, 0.2) is 5.96 Å². The summed E-state index contributed by atoms with van der Waals surface area (Å²) in [7, 11) is 5.16. The first-order chi connectivity index (χ1) is 12.6. The number of rotatable bonds is 8. The molecule has 0 aliphatic carbocycles. The number of hydrogen-bond donors (Lipinski definition) is 1. The largest absolute Gasteiger partial charge is 0.469 e. The molecule has 1 atom stereocenters. The molecule has 0 bridgehead atoms. The van der Waals surface area contributed by atoms with E-state index in [0.717, 1.165) is 56.8 Å². The zero-order valence-corrected chi connectivity index (χ0v) is 16.1. The van der Waals surface area contributed by atoms with Crippen molar-refractivity contribution in [2.24, 2.45) is 12.0 Å². The van der Waals surface area contributed by atoms with Crippen LogP contribution in [0.25, 0.3) is 0 Å². The predicted octanol–water partition coefficient (Wildman–Crippen LogP) is 1.49. The molecule has 1 N–H and O–H groups in total. The van der Waals surface area contributed by atoms with Gasteiger partial charge in [-0.3, -0.25) is 14.5 Å². The van der Waals surface area contributed by atoms with Crippen molar-refractivity contribution in [2.75, 3.05) is 40.4 Å². The Morgan fingerprint density at radius 2 is 2.23 bits per heavy atom. The molecule has 2 heterocycles. The molecule has 8 nitrogen and oxygen atoms in total. The average Bonchev–Trinajstić information content (AvgIpc) is 3.10. The van der Waals surface area contributed by atoms with Crippen molar-refractivity contribution in [3.05, 3.63) is 18.0 Å². The van der Waals surface area contributed by atoms with Gasteiger partial charge in [0, 0.05) is 45.4 Å². The normalized spacial score (nSPS) is 18.0. The maximum absolute atomic E-state index is 11.1. The molecule has 0 saturated carbocycles. The first-order valence-electron chi connectivity index (χ1n) is 9.26. The Balaban J connectivity index is 1.68. The second-order valence-electron chi connectivity index (χ2n) is 6.47. The minimum absolute atomic E-state index is 0.0225. The van der Waals surface area contributed by atoms with Crippen LogP contribution in [-0.2, 0) is 21.3 Å². The molecule has 1 aliphatic heterocycles. The summed E-state index contributed by atoms with van der Waals surface area (Å²) in [6.45, 7) is 3.15. The highest BCUT2D eigenvalue weighted by atomic mass is 16.5. The molecule has 1 aromatic rings. The first kappa shape index (κ1) is 20.2. The number of nitrogens with zero attached hydrogens (tertiary/aromatic N) is 4. The van der Waals surface area contributed by atoms with Crippen LogP contribution in [0.4, 0.5) is 0 Å². The molecule has 1 aromatic heterocycles. The van der Waals surface area contributed by atoms with Gasteiger partial charge in [0.05, 0.1) is 26.5 Å². The van der Waals surface area contributed by atoms with Crippen molar-refractivity contribution in [2.45, 2.75) is 38.2 Å². The number of carbonyl (C=O) groups is 1. The Morgan fingerprint density at radius 1 is 1.42 bits per heavy atom. The lowest BCUT2D eigenvalue weighted by Gasteiger charge is -2.34. The summed E-state index contributed by atoms with van der Waals surface area (Å²) in [6.07, 6.45) is 8.45. The molecular formula is C18H31N5O3. The highest BCUT2D eigenvalue weighted by Crippen LogP contribution is 2.21. The summed E-state index contributed by atoms with van der Waals surface area (Å²) in [5.74, 6) is 0.788. The summed E-state index contributed by atoms with van der Waals surface area (Å²) >= 11 is 0. The van der Waals surface area contributed by atoms with Crippen LogP contribution in [0.1, 0.15) is 43.8 Å². The highest BCUT2D eigenvalue weighted by molar-refractivity contribution is 5.80. The van der Waals surface area contributed by atoms with Gasteiger partial charge in [-0.1, -0.05) is 12.8 Å². The molecule has 1 saturated heterocycles. The van der Waals surface area contributed by atoms with Crippen LogP contribution in [0.15, 0.2) is 17.4 Å². The standard InChI is InChI=1S/C18H31N5O3/c1-19-18(20-9-7-5-4-6-8-17(24)25-3)23-10-11-26-16(14-23)15-12-21-22(2)13-15/h12-13,16H,4-11,14H2,1-3H3,(H,19,20). The number of carbonyl (C=O) groups excluding carboxylic acids is 1. The molecule has 0 aromatic carbocycles. The third-order valence-electron chi connectivity index (χ3n) is 4.49. The van der Waals surface area contributed by atoms with E-state index in [0.29, 0.717) is 13.0 Å². The Labute approximate surface area is 155 Å². The molecule has 2 rings (SSSR count). The minimum atomic E-state index is -0.126. The zero-order chi connectivity index (χ0) is 18.8. The lowest BCUT2D eigenvalue weighted by atomic mass is 10.1. The second kappa shape index (κ2) is 10.8. The number of hydrogen-bond acceptors (Lipinski definition) is 5. The van der Waals surface area contributed by atoms with Gasteiger partial charge in [-0.15, -0.1) is 0 Å². The van der Waals surface area contributed by atoms with Gasteiger partial charge in [0.1, 0.15) is 6.10 Å². The number of unbranched alkanes of at least 4 members (excludes halogenated alkanes) is 3. The quantitative estimate of drug-likeness (QED) is 0.325. The SMILES string of the molecule is CN=C(NCCCCCCC(=O)OC)N1CCOC(c2cnn(C)c2)C1. The van der Waals surface area contributed by atoms with Crippen LogP contribution >= 0.6 is 0 Å². The van der Waals surface area contributed by atoms with Crippen LogP contribution < -0.4 is 5.32 Å². The van der Waals surface area contributed by atoms with E-state index in [2.05, 4.69) is 25.0 Å². The van der Waals surface area contributed by atoms with E-state index in [4.69, 9.17) is 4.74 Å². The van der Waals surface area contributed by atoms with E-state index >= 15 is 0 Å². The molecule has 1 aliphatic rings. The Morgan fingerprint density at radius 3 is 2.92 bits per heavy atom. The van der Waals surface area contributed by atoms with E-state index < -0.39 is 0 Å². The summed E-state index contributed by atoms with van der Waals surface area (Å²) in [6, 6.07) is 0. The average molecular weight is 365 g/mol. The number of ether oxygens (including phenoxy) is 2. The summed E-state index contributed by atoms with van der Waals surface area (Å²) in [5.41, 5.74) is 1.10. The maximum Gasteiger partial charge on any atom is 0.305 e. The number of morpholine rings is 1. The van der Waals surface area contributed by atoms with Crippen LogP contribution in [-0.4, -0.2) is 67.0 Å². The van der Waals surface area contributed by atoms with E-state index in [1.54, 1.807) is 4.68 Å². The van der Waals surface area contributed by atoms with Crippen molar-refractivity contribution in [3.8, 4) is 0 Å². The van der Waals surface area contributed by atoms with Gasteiger partial charge in [-0.25, -0.2) is 0 Å². The molecule has 146 valence electrons. The van der Waals surface area contributed by atoms with Crippen molar-refractivity contribution in [1.29, 1.82) is 0 Å². The van der Waals surface area contributed by atoms with Crippen molar-refractivity contribution in [3.63, 3.8) is 0 Å². The van der Waals surface area contributed by atoms with Gasteiger partial charge in [-0.2, -0.15) is 5.10 Å². The molecular weight excluding hydrogens is 334 g/mol. The third-order valence-corrected chi connectivity index (χ3v) is 4.49. The fourth-order valence-corrected chi connectivity index (χ4v) is 3.03. The molecule has 1 unspecified atom stereocenters. The predicted molar refractivity (Wildman–Crippen MR) is 99.9 cm³/mol. The Kier molecular flexibility index (Phi) is 8.40. The van der Waals surface area contributed by atoms with Crippen molar-refractivity contribution >= 4 is 11.9 Å². The Hall–Kier alpha value is -2.09. The van der Waals surface area contributed by atoms with Crippen molar-refractivity contribution < 1.29 is 14.3 Å². The van der Waals surface area contributed by atoms with Gasteiger partial charge >= 0.3 is 5.97 Å². The van der Waals surface area contributed by atoms with Crippen LogP contribution in [0.3, 0.4) is 0 Å². The zero-order valence-electron chi connectivity index (χ0n) is 16.1. The van der Waals surface area contributed by atoms with Crippen molar-refractivity contribution in [1.82, 2.24) is 20.0 Å². The highest BCUT2D eigenvalue weighted by Gasteiger charge is 2.24. The number of methoxy groups -OCH3 is 1. The van der Waals surface area contributed by atoms with Gasteiger partial charge in [0.25, 0.3) is 0 Å². The number of esters is 1. The van der Waals surface area contributed by atoms with Gasteiger partial charge < -0.3 is 19.7 Å². The number of aliphatic imine (C=N–C) groups is 1. The minimum Gasteiger partial charge on any atom is -0.469 e. The van der Waals surface area contributed by atoms with Gasteiger partial charge in [0.2, 0.25) is 0 Å². The van der Waals surface area contributed by atoms with Crippen LogP contribution in [0, 0.1) is 0 Å². The van der Waals surface area contributed by atoms with E-state index in [1.807, 2.05) is 26.5 Å². The summed E-state index contributed by atoms with van der Waals surface area (Å²) in [5, 5.41) is 7.66. The molecule has 0 spiro atoms. The summed E-state index contributed by atoms with van der Waals surface area (Å²) in [4.78, 5) is 17.7. The second-order valence-corrected chi connectivity index (χ2v) is 6.47. The van der Waals surface area contributed by atoms with Crippen LogP contribution in [0.2, 0.25) is 0 Å². The third kappa shape index (κ3) is 6.33. The maximum atomic E-state index is 11.1. The Bertz CT molecular complexity index is 587. The number of aromatic nitrogens is 2. The number of guanidine groups is 1. The number of aryl methyl sites for hydroxylation is 1. The molecule has 0 amide bonds. The van der Waals surface area contributed by atoms with E-state index in [-0.39, 0.29) is 12.1 Å². The lowest BCUT2D eigenvalue weighted by molar-refractivity contribution is -0.140. The van der Waals surface area contributed by atoms with E-state index in [9.17, 15) is 4.79 Å². The summed E-state index contributed by atoms with van der Waals surface area (Å²) < 4.78 is 12.3. The fraction of sp³-hybridized carbons (Fsp3) is 0.722. The molecule has 8 heteroatoms. The van der Waals surface area contributed by atoms with Crippen LogP contribution in [0.5, 0.6) is 0 Å². The fourth-order valence-electron chi connectivity index (χ4n) is 3.03. The number of nitrogens with one attached hydrogen (secondary N) is 1. The first-order valence-corrected chi connectivity index (χ1v) is 9.26. The molecule has 1 fully saturated rings. The topological polar surface area (TPSA) is 81.0 Å². The lowest BCUT2D eigenvalue weighted by Crippen LogP contribution is -2.48. The molecule has 0 radical (unpaired) electrons. The van der Waals surface area contributed by atoms with E-state index in [1.165, 1.54) is 7.11 Å². The smallest absolute Gasteiger partial charge is 0.305 e. The van der Waals surface area contributed by atoms with Gasteiger partial charge in [-0.05, 0) is 12.8 Å².